The molecule has 6 nitrogen and oxygen atoms in total. The van der Waals surface area contributed by atoms with Gasteiger partial charge in [0.1, 0.15) is 5.75 Å². The molecule has 8 heteroatoms. The third-order valence-electron chi connectivity index (χ3n) is 3.82. The number of ether oxygens (including phenoxy) is 1. The maximum atomic E-state index is 12.5. The average Bonchev–Trinajstić information content (AvgIpc) is 2.53. The first-order chi connectivity index (χ1) is 11.5. The summed E-state index contributed by atoms with van der Waals surface area (Å²) in [7, 11) is -5.48. The SMILES string of the molecule is COc1ccc(S(=O)(=O)N[C@@H](C)c2ccc(S(C)(=O)=O)cc2)cc1C. The Hall–Kier alpha value is -1.90. The van der Waals surface area contributed by atoms with Crippen molar-refractivity contribution in [1.29, 1.82) is 0 Å². The Morgan fingerprint density at radius 2 is 1.52 bits per heavy atom. The predicted molar refractivity (Wildman–Crippen MR) is 96.0 cm³/mol. The second-order valence-electron chi connectivity index (χ2n) is 5.82. The van der Waals surface area contributed by atoms with Crippen LogP contribution in [0.25, 0.3) is 0 Å². The molecule has 0 heterocycles. The van der Waals surface area contributed by atoms with Crippen molar-refractivity contribution in [3.63, 3.8) is 0 Å². The van der Waals surface area contributed by atoms with Crippen LogP contribution in [0.4, 0.5) is 0 Å². The summed E-state index contributed by atoms with van der Waals surface area (Å²) in [5, 5.41) is 0. The molecule has 2 aromatic carbocycles. The van der Waals surface area contributed by atoms with Crippen molar-refractivity contribution in [3.8, 4) is 5.75 Å². The Labute approximate surface area is 148 Å². The Kier molecular flexibility index (Phi) is 5.55. The molecular weight excluding hydrogens is 362 g/mol. The van der Waals surface area contributed by atoms with Gasteiger partial charge in [0.15, 0.2) is 9.84 Å². The lowest BCUT2D eigenvalue weighted by Crippen LogP contribution is -2.27. The number of benzene rings is 2. The van der Waals surface area contributed by atoms with E-state index in [-0.39, 0.29) is 9.79 Å². The highest BCUT2D eigenvalue weighted by molar-refractivity contribution is 7.90. The Balaban J connectivity index is 2.24. The lowest BCUT2D eigenvalue weighted by molar-refractivity contribution is 0.411. The zero-order valence-corrected chi connectivity index (χ0v) is 16.1. The van der Waals surface area contributed by atoms with E-state index in [9.17, 15) is 16.8 Å². The van der Waals surface area contributed by atoms with E-state index in [2.05, 4.69) is 4.72 Å². The van der Waals surface area contributed by atoms with Crippen molar-refractivity contribution in [3.05, 3.63) is 53.6 Å². The quantitative estimate of drug-likeness (QED) is 0.827. The van der Waals surface area contributed by atoms with E-state index in [1.165, 1.54) is 25.3 Å². The standard InChI is InChI=1S/C17H21NO5S2/c1-12-11-16(9-10-17(12)23-3)25(21,22)18-13(2)14-5-7-15(8-6-14)24(4,19)20/h5-11,13,18H,1-4H3/t13-/m0/s1. The maximum Gasteiger partial charge on any atom is 0.241 e. The van der Waals surface area contributed by atoms with Crippen LogP contribution in [0.3, 0.4) is 0 Å². The van der Waals surface area contributed by atoms with E-state index in [4.69, 9.17) is 4.74 Å². The molecule has 0 bridgehead atoms. The highest BCUT2D eigenvalue weighted by Gasteiger charge is 2.19. The van der Waals surface area contributed by atoms with E-state index in [1.54, 1.807) is 38.1 Å². The van der Waals surface area contributed by atoms with Crippen molar-refractivity contribution in [2.45, 2.75) is 29.7 Å². The van der Waals surface area contributed by atoms with Gasteiger partial charge in [-0.15, -0.1) is 0 Å². The zero-order chi connectivity index (χ0) is 18.8. The minimum Gasteiger partial charge on any atom is -0.496 e. The fourth-order valence-corrected chi connectivity index (χ4v) is 4.34. The van der Waals surface area contributed by atoms with E-state index in [0.29, 0.717) is 11.3 Å². The van der Waals surface area contributed by atoms with Gasteiger partial charge in [-0.2, -0.15) is 0 Å². The molecule has 0 fully saturated rings. The van der Waals surface area contributed by atoms with Gasteiger partial charge in [-0.1, -0.05) is 12.1 Å². The summed E-state index contributed by atoms with van der Waals surface area (Å²) in [5.74, 6) is 0.614. The van der Waals surface area contributed by atoms with Crippen molar-refractivity contribution in [1.82, 2.24) is 4.72 Å². The fraction of sp³-hybridized carbons (Fsp3) is 0.294. The van der Waals surface area contributed by atoms with Gasteiger partial charge in [0.25, 0.3) is 0 Å². The maximum absolute atomic E-state index is 12.5. The normalized spacial score (nSPS) is 13.4. The fourth-order valence-electron chi connectivity index (χ4n) is 2.39. The molecule has 0 aromatic heterocycles. The number of sulfonamides is 1. The van der Waals surface area contributed by atoms with Gasteiger partial charge in [-0.25, -0.2) is 21.6 Å². The molecular formula is C17H21NO5S2. The topological polar surface area (TPSA) is 89.5 Å². The molecule has 136 valence electrons. The Morgan fingerprint density at radius 3 is 2.00 bits per heavy atom. The summed E-state index contributed by atoms with van der Waals surface area (Å²) in [6.07, 6.45) is 1.13. The van der Waals surface area contributed by atoms with Gasteiger partial charge in [-0.3, -0.25) is 0 Å². The first-order valence-corrected chi connectivity index (χ1v) is 10.9. The molecule has 0 radical (unpaired) electrons. The predicted octanol–water partition coefficient (Wildman–Crippen LogP) is 2.45. The summed E-state index contributed by atoms with van der Waals surface area (Å²) < 4.78 is 55.8. The number of nitrogens with one attached hydrogen (secondary N) is 1. The molecule has 25 heavy (non-hydrogen) atoms. The second-order valence-corrected chi connectivity index (χ2v) is 9.55. The molecule has 0 aliphatic heterocycles. The highest BCUT2D eigenvalue weighted by Crippen LogP contribution is 2.23. The zero-order valence-electron chi connectivity index (χ0n) is 14.5. The molecule has 0 aliphatic rings. The van der Waals surface area contributed by atoms with Crippen LogP contribution in [0.5, 0.6) is 5.75 Å². The van der Waals surface area contributed by atoms with Crippen LogP contribution in [0, 0.1) is 6.92 Å². The second kappa shape index (κ2) is 7.15. The van der Waals surface area contributed by atoms with Gasteiger partial charge >= 0.3 is 0 Å². The molecule has 0 spiro atoms. The average molecular weight is 383 g/mol. The smallest absolute Gasteiger partial charge is 0.241 e. The van der Waals surface area contributed by atoms with Gasteiger partial charge in [0, 0.05) is 12.3 Å². The number of hydrogen-bond acceptors (Lipinski definition) is 5. The van der Waals surface area contributed by atoms with Crippen LogP contribution in [0.15, 0.2) is 52.3 Å². The van der Waals surface area contributed by atoms with E-state index < -0.39 is 25.9 Å². The summed E-state index contributed by atoms with van der Waals surface area (Å²) in [5.41, 5.74) is 1.39. The van der Waals surface area contributed by atoms with Crippen LogP contribution in [-0.2, 0) is 19.9 Å². The van der Waals surface area contributed by atoms with Crippen molar-refractivity contribution < 1.29 is 21.6 Å². The van der Waals surface area contributed by atoms with E-state index >= 15 is 0 Å². The molecule has 1 atom stereocenters. The first kappa shape index (κ1) is 19.4. The molecule has 2 rings (SSSR count). The van der Waals surface area contributed by atoms with Crippen LogP contribution < -0.4 is 9.46 Å². The van der Waals surface area contributed by atoms with Gasteiger partial charge in [0.05, 0.1) is 16.9 Å². The van der Waals surface area contributed by atoms with Crippen molar-refractivity contribution in [2.24, 2.45) is 0 Å². The lowest BCUT2D eigenvalue weighted by atomic mass is 10.1. The largest absolute Gasteiger partial charge is 0.496 e. The summed E-state index contributed by atoms with van der Waals surface area (Å²) in [6.45, 7) is 3.47. The molecule has 2 aromatic rings. The molecule has 1 N–H and O–H groups in total. The summed E-state index contributed by atoms with van der Waals surface area (Å²) >= 11 is 0. The monoisotopic (exact) mass is 383 g/mol. The van der Waals surface area contributed by atoms with Crippen LogP contribution >= 0.6 is 0 Å². The van der Waals surface area contributed by atoms with Gasteiger partial charge in [0.2, 0.25) is 10.0 Å². The van der Waals surface area contributed by atoms with Crippen LogP contribution in [0.1, 0.15) is 24.1 Å². The van der Waals surface area contributed by atoms with Crippen molar-refractivity contribution in [2.75, 3.05) is 13.4 Å². The van der Waals surface area contributed by atoms with Gasteiger partial charge < -0.3 is 4.74 Å². The minimum atomic E-state index is -3.72. The van der Waals surface area contributed by atoms with Crippen molar-refractivity contribution >= 4 is 19.9 Å². The third kappa shape index (κ3) is 4.59. The molecule has 0 unspecified atom stereocenters. The van der Waals surface area contributed by atoms with Gasteiger partial charge in [-0.05, 0) is 55.3 Å². The van der Waals surface area contributed by atoms with E-state index in [0.717, 1.165) is 11.8 Å². The molecule has 0 amide bonds. The van der Waals surface area contributed by atoms with E-state index in [1.807, 2.05) is 0 Å². The summed E-state index contributed by atoms with van der Waals surface area (Å²) in [6, 6.07) is 10.2. The number of hydrogen-bond donors (Lipinski definition) is 1. The number of methoxy groups -OCH3 is 1. The lowest BCUT2D eigenvalue weighted by Gasteiger charge is -2.16. The summed E-state index contributed by atoms with van der Waals surface area (Å²) in [4.78, 5) is 0.336. The highest BCUT2D eigenvalue weighted by atomic mass is 32.2. The number of rotatable bonds is 6. The molecule has 0 saturated carbocycles. The molecule has 0 aliphatic carbocycles. The Bertz CT molecular complexity index is 965. The number of aryl methyl sites for hydroxylation is 1. The number of sulfone groups is 1. The van der Waals surface area contributed by atoms with Crippen LogP contribution in [-0.4, -0.2) is 30.2 Å². The minimum absolute atomic E-state index is 0.144. The molecule has 0 saturated heterocycles. The third-order valence-corrected chi connectivity index (χ3v) is 6.48. The first-order valence-electron chi connectivity index (χ1n) is 7.51. The van der Waals surface area contributed by atoms with Crippen LogP contribution in [0.2, 0.25) is 0 Å². The Morgan fingerprint density at radius 1 is 0.960 bits per heavy atom.